The number of aromatic amines is 1. The Morgan fingerprint density at radius 3 is 2.29 bits per heavy atom. The third kappa shape index (κ3) is 4.65. The fourth-order valence-electron chi connectivity index (χ4n) is 1.07. The second-order valence-electron chi connectivity index (χ2n) is 3.04. The van der Waals surface area contributed by atoms with E-state index in [-0.39, 0.29) is 5.69 Å². The lowest BCUT2D eigenvalue weighted by Crippen LogP contribution is -1.94. The van der Waals surface area contributed by atoms with Gasteiger partial charge in [-0.2, -0.15) is 0 Å². The molecule has 0 amide bonds. The van der Waals surface area contributed by atoms with Crippen molar-refractivity contribution < 1.29 is 15.1 Å². The van der Waals surface area contributed by atoms with E-state index in [0.717, 1.165) is 5.56 Å². The van der Waals surface area contributed by atoms with Crippen molar-refractivity contribution in [2.45, 2.75) is 0 Å². The molecule has 1 aromatic carbocycles. The van der Waals surface area contributed by atoms with E-state index < -0.39 is 5.97 Å². The summed E-state index contributed by atoms with van der Waals surface area (Å²) in [6.07, 6.45) is 2.96. The van der Waals surface area contributed by atoms with E-state index in [0.29, 0.717) is 0 Å². The summed E-state index contributed by atoms with van der Waals surface area (Å²) in [4.78, 5) is 12.6. The van der Waals surface area contributed by atoms with Crippen LogP contribution in [0.2, 0.25) is 0 Å². The van der Waals surface area contributed by atoms with Gasteiger partial charge in [0.15, 0.2) is 0 Å². The van der Waals surface area contributed by atoms with Crippen molar-refractivity contribution in [3.05, 3.63) is 59.9 Å². The Morgan fingerprint density at radius 1 is 1.18 bits per heavy atom. The molecule has 17 heavy (non-hydrogen) atoms. The van der Waals surface area contributed by atoms with Crippen molar-refractivity contribution in [2.24, 2.45) is 5.16 Å². The Morgan fingerprint density at radius 2 is 1.88 bits per heavy atom. The highest BCUT2D eigenvalue weighted by molar-refractivity contribution is 5.85. The normalized spacial score (nSPS) is 9.65. The molecule has 0 unspecified atom stereocenters. The smallest absolute Gasteiger partial charge is 0.352 e. The minimum atomic E-state index is -0.921. The van der Waals surface area contributed by atoms with E-state index in [1.54, 1.807) is 12.3 Å². The number of H-pyrrole nitrogens is 1. The second kappa shape index (κ2) is 6.84. The van der Waals surface area contributed by atoms with Crippen LogP contribution in [-0.2, 0) is 0 Å². The maximum atomic E-state index is 10.0. The highest BCUT2D eigenvalue weighted by Crippen LogP contribution is 1.92. The zero-order valence-electron chi connectivity index (χ0n) is 8.95. The highest BCUT2D eigenvalue weighted by Gasteiger charge is 1.98. The summed E-state index contributed by atoms with van der Waals surface area (Å²) in [6.45, 7) is 0. The quantitative estimate of drug-likeness (QED) is 0.421. The molecule has 5 heteroatoms. The van der Waals surface area contributed by atoms with Gasteiger partial charge in [0.2, 0.25) is 0 Å². The lowest BCUT2D eigenvalue weighted by Gasteiger charge is -1.85. The summed E-state index contributed by atoms with van der Waals surface area (Å²) in [5, 5.41) is 19.2. The first-order valence-corrected chi connectivity index (χ1v) is 4.83. The number of hydrogen-bond donors (Lipinski definition) is 3. The number of carbonyl (C=O) groups is 1. The van der Waals surface area contributed by atoms with Crippen molar-refractivity contribution in [1.29, 1.82) is 0 Å². The Balaban J connectivity index is 0.000000171. The zero-order valence-corrected chi connectivity index (χ0v) is 8.95. The van der Waals surface area contributed by atoms with Gasteiger partial charge < -0.3 is 15.3 Å². The fourth-order valence-corrected chi connectivity index (χ4v) is 1.07. The number of oxime groups is 1. The number of hydrogen-bond acceptors (Lipinski definition) is 3. The average Bonchev–Trinajstić information content (AvgIpc) is 2.85. The molecular weight excluding hydrogens is 220 g/mol. The van der Waals surface area contributed by atoms with Gasteiger partial charge in [-0.1, -0.05) is 35.5 Å². The summed E-state index contributed by atoms with van der Waals surface area (Å²) in [5.74, 6) is -0.921. The molecule has 0 bridgehead atoms. The van der Waals surface area contributed by atoms with Crippen LogP contribution in [0.3, 0.4) is 0 Å². The van der Waals surface area contributed by atoms with Crippen molar-refractivity contribution in [3.63, 3.8) is 0 Å². The van der Waals surface area contributed by atoms with Gasteiger partial charge in [0.05, 0.1) is 6.21 Å². The summed E-state index contributed by atoms with van der Waals surface area (Å²) >= 11 is 0. The van der Waals surface area contributed by atoms with Crippen molar-refractivity contribution in [1.82, 2.24) is 4.98 Å². The van der Waals surface area contributed by atoms with Crippen LogP contribution in [0, 0.1) is 0 Å². The molecule has 0 atom stereocenters. The van der Waals surface area contributed by atoms with Gasteiger partial charge in [-0.25, -0.2) is 4.79 Å². The van der Waals surface area contributed by atoms with E-state index >= 15 is 0 Å². The molecule has 2 aromatic rings. The van der Waals surface area contributed by atoms with Crippen molar-refractivity contribution in [3.8, 4) is 0 Å². The van der Waals surface area contributed by atoms with E-state index in [2.05, 4.69) is 10.1 Å². The molecular formula is C12H12N2O3. The van der Waals surface area contributed by atoms with Gasteiger partial charge in [-0.05, 0) is 17.7 Å². The number of rotatable bonds is 2. The number of aromatic nitrogens is 1. The number of nitrogens with one attached hydrogen (secondary N) is 1. The first kappa shape index (κ1) is 12.5. The van der Waals surface area contributed by atoms with Crippen LogP contribution >= 0.6 is 0 Å². The summed E-state index contributed by atoms with van der Waals surface area (Å²) < 4.78 is 0. The maximum absolute atomic E-state index is 10.0. The lowest BCUT2D eigenvalue weighted by atomic mass is 10.2. The molecule has 0 fully saturated rings. The molecule has 3 N–H and O–H groups in total. The Labute approximate surface area is 98.0 Å². The number of nitrogens with zero attached hydrogens (tertiary/aromatic N) is 1. The molecule has 0 radical (unpaired) electrons. The number of carboxylic acid groups (broad SMARTS) is 1. The molecule has 0 spiro atoms. The van der Waals surface area contributed by atoms with Gasteiger partial charge >= 0.3 is 5.97 Å². The second-order valence-corrected chi connectivity index (χ2v) is 3.04. The van der Waals surface area contributed by atoms with E-state index in [9.17, 15) is 4.79 Å². The van der Waals surface area contributed by atoms with Crippen LogP contribution in [0.4, 0.5) is 0 Å². The number of carboxylic acids is 1. The van der Waals surface area contributed by atoms with Crippen molar-refractivity contribution >= 4 is 12.2 Å². The van der Waals surface area contributed by atoms with E-state index in [1.165, 1.54) is 12.3 Å². The Kier molecular flexibility index (Phi) is 5.03. The van der Waals surface area contributed by atoms with Crippen molar-refractivity contribution in [2.75, 3.05) is 0 Å². The first-order chi connectivity index (χ1) is 8.24. The SMILES string of the molecule is O=C(O)c1ccc[nH]1.ON=Cc1ccccc1. The largest absolute Gasteiger partial charge is 0.477 e. The molecule has 0 saturated carbocycles. The van der Waals surface area contributed by atoms with E-state index in [4.69, 9.17) is 10.3 Å². The minimum absolute atomic E-state index is 0.227. The predicted octanol–water partition coefficient (Wildman–Crippen LogP) is 2.21. The molecule has 0 aliphatic heterocycles. The first-order valence-electron chi connectivity index (χ1n) is 4.83. The lowest BCUT2D eigenvalue weighted by molar-refractivity contribution is 0.0691. The van der Waals surface area contributed by atoms with Gasteiger partial charge in [0.25, 0.3) is 0 Å². The Hall–Kier alpha value is -2.56. The molecule has 2 rings (SSSR count). The topological polar surface area (TPSA) is 85.7 Å². The highest BCUT2D eigenvalue weighted by atomic mass is 16.4. The minimum Gasteiger partial charge on any atom is -0.477 e. The summed E-state index contributed by atoms with van der Waals surface area (Å²) in [5.41, 5.74) is 1.13. The summed E-state index contributed by atoms with van der Waals surface area (Å²) in [6, 6.07) is 12.5. The fraction of sp³-hybridized carbons (Fsp3) is 0. The van der Waals surface area contributed by atoms with Crippen LogP contribution in [0.15, 0.2) is 53.8 Å². The molecule has 0 aliphatic carbocycles. The summed E-state index contributed by atoms with van der Waals surface area (Å²) in [7, 11) is 0. The van der Waals surface area contributed by atoms with Gasteiger partial charge in [0.1, 0.15) is 5.69 Å². The molecule has 0 saturated heterocycles. The standard InChI is InChI=1S/C7H7NO.C5H5NO2/c9-8-6-7-4-2-1-3-5-7;7-5(8)4-2-1-3-6-4/h1-6,9H;1-3,6H,(H,7,8). The van der Waals surface area contributed by atoms with E-state index in [1.807, 2.05) is 30.3 Å². The monoisotopic (exact) mass is 232 g/mol. The van der Waals surface area contributed by atoms with Crippen LogP contribution in [-0.4, -0.2) is 27.5 Å². The molecule has 1 heterocycles. The van der Waals surface area contributed by atoms with Crippen LogP contribution in [0.5, 0.6) is 0 Å². The van der Waals surface area contributed by atoms with Gasteiger partial charge in [-0.15, -0.1) is 0 Å². The maximum Gasteiger partial charge on any atom is 0.352 e. The molecule has 5 nitrogen and oxygen atoms in total. The molecule has 88 valence electrons. The van der Waals surface area contributed by atoms with Gasteiger partial charge in [-0.3, -0.25) is 0 Å². The van der Waals surface area contributed by atoms with Crippen LogP contribution in [0.1, 0.15) is 16.1 Å². The third-order valence-corrected chi connectivity index (χ3v) is 1.83. The van der Waals surface area contributed by atoms with Crippen LogP contribution in [0.25, 0.3) is 0 Å². The number of aromatic carboxylic acids is 1. The molecule has 1 aromatic heterocycles. The third-order valence-electron chi connectivity index (χ3n) is 1.83. The van der Waals surface area contributed by atoms with Crippen LogP contribution < -0.4 is 0 Å². The number of benzene rings is 1. The zero-order chi connectivity index (χ0) is 12.5. The average molecular weight is 232 g/mol. The van der Waals surface area contributed by atoms with Gasteiger partial charge in [0, 0.05) is 6.20 Å². The predicted molar refractivity (Wildman–Crippen MR) is 63.6 cm³/mol. The molecule has 0 aliphatic rings. The Bertz CT molecular complexity index is 464.